The monoisotopic (exact) mass is 535 g/mol. The molecule has 11 heteroatoms. The molecule has 10 nitrogen and oxygen atoms in total. The first-order valence-electron chi connectivity index (χ1n) is 11.8. The number of sulfonamides is 1. The standard InChI is InChI=1S/C27H29N5O5S/c1-6-17-15-19(36-4)16-23(24(17)37-5)30-25-26(29-22-10-8-7-9-21(22)28-25)31-38(34,35)20-13-11-18(12-14-20)27(33)32(2)3/h7-16H,6H2,1-5H3,(H,28,30)(H,29,31). The Kier molecular flexibility index (Phi) is 7.67. The molecule has 1 heterocycles. The van der Waals surface area contributed by atoms with Crippen LogP contribution in [0.1, 0.15) is 22.8 Å². The Morgan fingerprint density at radius 1 is 0.921 bits per heavy atom. The van der Waals surface area contributed by atoms with Gasteiger partial charge in [-0.25, -0.2) is 18.4 Å². The number of nitrogens with zero attached hydrogens (tertiary/aromatic N) is 3. The Balaban J connectivity index is 1.77. The van der Waals surface area contributed by atoms with Crippen LogP contribution in [0.2, 0.25) is 0 Å². The molecule has 0 aliphatic rings. The fourth-order valence-electron chi connectivity index (χ4n) is 3.88. The maximum atomic E-state index is 13.3. The van der Waals surface area contributed by atoms with E-state index < -0.39 is 10.0 Å². The van der Waals surface area contributed by atoms with Gasteiger partial charge in [0.05, 0.1) is 35.8 Å². The molecule has 0 atom stereocenters. The van der Waals surface area contributed by atoms with Gasteiger partial charge < -0.3 is 19.7 Å². The number of ether oxygens (including phenoxy) is 2. The van der Waals surface area contributed by atoms with E-state index in [1.165, 1.54) is 29.2 Å². The predicted octanol–water partition coefficient (Wildman–Crippen LogP) is 4.46. The molecular formula is C27H29N5O5S. The summed E-state index contributed by atoms with van der Waals surface area (Å²) in [6.45, 7) is 1.99. The molecule has 1 aromatic heterocycles. The van der Waals surface area contributed by atoms with Crippen LogP contribution in [0.25, 0.3) is 11.0 Å². The summed E-state index contributed by atoms with van der Waals surface area (Å²) in [6.07, 6.45) is 0.685. The average Bonchev–Trinajstić information content (AvgIpc) is 2.92. The highest BCUT2D eigenvalue weighted by atomic mass is 32.2. The average molecular weight is 536 g/mol. The van der Waals surface area contributed by atoms with Crippen molar-refractivity contribution in [2.24, 2.45) is 0 Å². The fraction of sp³-hybridized carbons (Fsp3) is 0.222. The van der Waals surface area contributed by atoms with E-state index in [2.05, 4.69) is 20.0 Å². The number of carbonyl (C=O) groups is 1. The van der Waals surface area contributed by atoms with Crippen molar-refractivity contribution in [1.29, 1.82) is 0 Å². The van der Waals surface area contributed by atoms with Crippen molar-refractivity contribution >= 4 is 44.3 Å². The molecule has 0 unspecified atom stereocenters. The molecular weight excluding hydrogens is 506 g/mol. The molecule has 2 N–H and O–H groups in total. The lowest BCUT2D eigenvalue weighted by Crippen LogP contribution is -2.22. The van der Waals surface area contributed by atoms with E-state index in [-0.39, 0.29) is 22.4 Å². The van der Waals surface area contributed by atoms with Crippen LogP contribution >= 0.6 is 0 Å². The first-order chi connectivity index (χ1) is 18.2. The summed E-state index contributed by atoms with van der Waals surface area (Å²) in [5.41, 5.74) is 2.90. The van der Waals surface area contributed by atoms with Gasteiger partial charge >= 0.3 is 0 Å². The van der Waals surface area contributed by atoms with E-state index in [1.54, 1.807) is 52.6 Å². The molecule has 4 rings (SSSR count). The number of nitrogens with one attached hydrogen (secondary N) is 2. The second kappa shape index (κ2) is 10.9. The molecule has 0 aliphatic heterocycles. The highest BCUT2D eigenvalue weighted by Gasteiger charge is 2.21. The van der Waals surface area contributed by atoms with Gasteiger partial charge in [0.15, 0.2) is 11.6 Å². The van der Waals surface area contributed by atoms with Gasteiger partial charge in [-0.05, 0) is 54.4 Å². The highest BCUT2D eigenvalue weighted by Crippen LogP contribution is 2.37. The number of carbonyl (C=O) groups excluding carboxylic acids is 1. The number of hydrogen-bond acceptors (Lipinski definition) is 8. The molecule has 198 valence electrons. The largest absolute Gasteiger partial charge is 0.497 e. The third-order valence-electron chi connectivity index (χ3n) is 5.83. The van der Waals surface area contributed by atoms with Crippen molar-refractivity contribution in [3.8, 4) is 11.5 Å². The number of amides is 1. The topological polar surface area (TPSA) is 123 Å². The van der Waals surface area contributed by atoms with E-state index >= 15 is 0 Å². The van der Waals surface area contributed by atoms with E-state index in [0.717, 1.165) is 5.56 Å². The number of para-hydroxylation sites is 2. The zero-order valence-electron chi connectivity index (χ0n) is 21.8. The number of anilines is 3. The van der Waals surface area contributed by atoms with Crippen LogP contribution < -0.4 is 19.5 Å². The van der Waals surface area contributed by atoms with Crippen LogP contribution in [0.15, 0.2) is 65.6 Å². The number of fused-ring (bicyclic) bond motifs is 1. The number of aryl methyl sites for hydroxylation is 1. The Morgan fingerprint density at radius 2 is 1.55 bits per heavy atom. The zero-order chi connectivity index (χ0) is 27.4. The quantitative estimate of drug-likeness (QED) is 0.322. The first kappa shape index (κ1) is 26.7. The van der Waals surface area contributed by atoms with Crippen LogP contribution in [0.5, 0.6) is 11.5 Å². The number of hydrogen-bond donors (Lipinski definition) is 2. The van der Waals surface area contributed by atoms with Crippen molar-refractivity contribution in [2.45, 2.75) is 18.2 Å². The summed E-state index contributed by atoms with van der Waals surface area (Å²) >= 11 is 0. The number of aromatic nitrogens is 2. The van der Waals surface area contributed by atoms with Gasteiger partial charge in [-0.15, -0.1) is 0 Å². The normalized spacial score (nSPS) is 11.2. The lowest BCUT2D eigenvalue weighted by molar-refractivity contribution is 0.0827. The molecule has 0 bridgehead atoms. The second-order valence-corrected chi connectivity index (χ2v) is 10.3. The van der Waals surface area contributed by atoms with Gasteiger partial charge in [0, 0.05) is 25.7 Å². The van der Waals surface area contributed by atoms with E-state index in [0.29, 0.717) is 40.2 Å². The molecule has 3 aromatic carbocycles. The van der Waals surface area contributed by atoms with Crippen molar-refractivity contribution in [2.75, 3.05) is 38.4 Å². The second-order valence-electron chi connectivity index (χ2n) is 8.58. The lowest BCUT2D eigenvalue weighted by atomic mass is 10.1. The van der Waals surface area contributed by atoms with Crippen LogP contribution in [0.3, 0.4) is 0 Å². The van der Waals surface area contributed by atoms with E-state index in [4.69, 9.17) is 9.47 Å². The zero-order valence-corrected chi connectivity index (χ0v) is 22.6. The molecule has 0 spiro atoms. The van der Waals surface area contributed by atoms with Gasteiger partial charge in [0.2, 0.25) is 0 Å². The Bertz CT molecular complexity index is 1590. The third kappa shape index (κ3) is 5.47. The minimum Gasteiger partial charge on any atom is -0.497 e. The highest BCUT2D eigenvalue weighted by molar-refractivity contribution is 7.92. The summed E-state index contributed by atoms with van der Waals surface area (Å²) in [4.78, 5) is 22.8. The van der Waals surface area contributed by atoms with E-state index in [1.807, 2.05) is 19.1 Å². The maximum Gasteiger partial charge on any atom is 0.263 e. The Labute approximate surface area is 221 Å². The third-order valence-corrected chi connectivity index (χ3v) is 7.19. The lowest BCUT2D eigenvalue weighted by Gasteiger charge is -2.18. The fourth-order valence-corrected chi connectivity index (χ4v) is 4.89. The Morgan fingerprint density at radius 3 is 2.11 bits per heavy atom. The van der Waals surface area contributed by atoms with Crippen LogP contribution in [0.4, 0.5) is 17.3 Å². The minimum absolute atomic E-state index is 0.0000610. The molecule has 38 heavy (non-hydrogen) atoms. The SMILES string of the molecule is CCc1cc(OC)cc(Nc2nc3ccccc3nc2NS(=O)(=O)c2ccc(C(=O)N(C)C)cc2)c1OC. The first-order valence-corrected chi connectivity index (χ1v) is 13.3. The van der Waals surface area contributed by atoms with Crippen LogP contribution in [-0.2, 0) is 16.4 Å². The van der Waals surface area contributed by atoms with Gasteiger partial charge in [0.25, 0.3) is 15.9 Å². The van der Waals surface area contributed by atoms with Gasteiger partial charge in [-0.1, -0.05) is 19.1 Å². The van der Waals surface area contributed by atoms with Crippen molar-refractivity contribution in [1.82, 2.24) is 14.9 Å². The number of methoxy groups -OCH3 is 2. The van der Waals surface area contributed by atoms with Gasteiger partial charge in [0.1, 0.15) is 11.5 Å². The summed E-state index contributed by atoms with van der Waals surface area (Å²) in [6, 6.07) is 16.4. The molecule has 0 saturated heterocycles. The summed E-state index contributed by atoms with van der Waals surface area (Å²) < 4.78 is 40.3. The van der Waals surface area contributed by atoms with Crippen molar-refractivity contribution < 1.29 is 22.7 Å². The van der Waals surface area contributed by atoms with Crippen LogP contribution in [-0.4, -0.2) is 57.5 Å². The molecule has 0 radical (unpaired) electrons. The smallest absolute Gasteiger partial charge is 0.263 e. The predicted molar refractivity (Wildman–Crippen MR) is 147 cm³/mol. The van der Waals surface area contributed by atoms with Crippen LogP contribution in [0, 0.1) is 0 Å². The summed E-state index contributed by atoms with van der Waals surface area (Å²) in [7, 11) is 2.31. The number of benzene rings is 3. The molecule has 1 amide bonds. The minimum atomic E-state index is -4.07. The molecule has 0 saturated carbocycles. The van der Waals surface area contributed by atoms with Crippen molar-refractivity contribution in [3.05, 3.63) is 71.8 Å². The molecule has 4 aromatic rings. The number of rotatable bonds is 9. The van der Waals surface area contributed by atoms with Crippen molar-refractivity contribution in [3.63, 3.8) is 0 Å². The van der Waals surface area contributed by atoms with E-state index in [9.17, 15) is 13.2 Å². The molecule has 0 aliphatic carbocycles. The van der Waals surface area contributed by atoms with Gasteiger partial charge in [-0.2, -0.15) is 0 Å². The Hall–Kier alpha value is -4.38. The summed E-state index contributed by atoms with van der Waals surface area (Å²) in [5.74, 6) is 1.14. The maximum absolute atomic E-state index is 13.3. The van der Waals surface area contributed by atoms with Gasteiger partial charge in [-0.3, -0.25) is 9.52 Å². The summed E-state index contributed by atoms with van der Waals surface area (Å²) in [5, 5.41) is 3.19. The molecule has 0 fully saturated rings.